The molecule has 0 saturated carbocycles. The normalized spacial score (nSPS) is 11.6. The smallest absolute Gasteiger partial charge is 0.251 e. The van der Waals surface area contributed by atoms with E-state index < -0.39 is 0 Å². The molecule has 0 aliphatic heterocycles. The van der Waals surface area contributed by atoms with Crippen molar-refractivity contribution in [2.45, 2.75) is 53.5 Å². The van der Waals surface area contributed by atoms with E-state index in [0.29, 0.717) is 46.5 Å². The third-order valence-corrected chi connectivity index (χ3v) is 5.46. The standard InChI is InChI=1S/C21H21FN2O2.C8H15N3O/c1-5-14-8-13(3)20(11-17(14)22)26-19-6-7-24-18-9-12(2)15(10-16(18)19)21(25)23-4;1-8(2,3)11-5-7(4-9)10-6-12/h6-11H,5H2,1-4H3,(H,23,25);4-6H,9H2,1-3H3,(H,10,12)/b;7-4+,11-5?. The molecule has 2 aromatic carbocycles. The molecule has 0 saturated heterocycles. The van der Waals surface area contributed by atoms with Crippen LogP contribution in [0.5, 0.6) is 11.5 Å². The van der Waals surface area contributed by atoms with Crippen molar-refractivity contribution in [3.05, 3.63) is 76.5 Å². The van der Waals surface area contributed by atoms with Gasteiger partial charge in [0.1, 0.15) is 17.3 Å². The van der Waals surface area contributed by atoms with Gasteiger partial charge in [-0.05, 0) is 82.0 Å². The number of aromatic nitrogens is 1. The van der Waals surface area contributed by atoms with Gasteiger partial charge in [-0.3, -0.25) is 19.6 Å². The maximum Gasteiger partial charge on any atom is 0.251 e. The number of nitrogens with one attached hydrogen (secondary N) is 2. The molecule has 0 unspecified atom stereocenters. The van der Waals surface area contributed by atoms with Gasteiger partial charge in [0.2, 0.25) is 6.41 Å². The molecule has 0 radical (unpaired) electrons. The predicted octanol–water partition coefficient (Wildman–Crippen LogP) is 5.11. The summed E-state index contributed by atoms with van der Waals surface area (Å²) in [5, 5.41) is 5.75. The van der Waals surface area contributed by atoms with Crippen LogP contribution in [0.1, 0.15) is 54.7 Å². The Kier molecular flexibility index (Phi) is 10.5. The van der Waals surface area contributed by atoms with Crippen molar-refractivity contribution in [3.8, 4) is 11.5 Å². The molecule has 9 heteroatoms. The van der Waals surface area contributed by atoms with Gasteiger partial charge in [0, 0.05) is 42.7 Å². The van der Waals surface area contributed by atoms with E-state index in [0.717, 1.165) is 16.6 Å². The van der Waals surface area contributed by atoms with Crippen LogP contribution in [0.15, 0.2) is 53.4 Å². The van der Waals surface area contributed by atoms with Gasteiger partial charge < -0.3 is 21.1 Å². The number of ether oxygens (including phenoxy) is 1. The average molecular weight is 522 g/mol. The first-order valence-electron chi connectivity index (χ1n) is 12.2. The van der Waals surface area contributed by atoms with Crippen LogP contribution >= 0.6 is 0 Å². The maximum atomic E-state index is 14.2. The average Bonchev–Trinajstić information content (AvgIpc) is 2.87. The number of nitrogens with two attached hydrogens (primary N) is 1. The molecule has 1 aromatic heterocycles. The number of amides is 2. The van der Waals surface area contributed by atoms with Crippen LogP contribution in [0.25, 0.3) is 10.9 Å². The molecule has 8 nitrogen and oxygen atoms in total. The van der Waals surface area contributed by atoms with Gasteiger partial charge in [0.05, 0.1) is 16.8 Å². The number of carbonyl (C=O) groups excluding carboxylic acids is 2. The lowest BCUT2D eigenvalue weighted by Gasteiger charge is -2.14. The number of fused-ring (bicyclic) bond motifs is 1. The lowest BCUT2D eigenvalue weighted by atomic mass is 10.0. The summed E-state index contributed by atoms with van der Waals surface area (Å²) in [5.41, 5.74) is 9.18. The van der Waals surface area contributed by atoms with Gasteiger partial charge in [0.15, 0.2) is 0 Å². The third kappa shape index (κ3) is 8.12. The van der Waals surface area contributed by atoms with Crippen molar-refractivity contribution >= 4 is 29.4 Å². The highest BCUT2D eigenvalue weighted by Gasteiger charge is 2.14. The topological polar surface area (TPSA) is 119 Å². The fourth-order valence-electron chi connectivity index (χ4n) is 3.42. The number of carbonyl (C=O) groups is 2. The van der Waals surface area contributed by atoms with E-state index in [9.17, 15) is 14.0 Å². The van der Waals surface area contributed by atoms with E-state index in [2.05, 4.69) is 20.6 Å². The molecule has 4 N–H and O–H groups in total. The zero-order chi connectivity index (χ0) is 28.5. The van der Waals surface area contributed by atoms with Crippen molar-refractivity contribution < 1.29 is 18.7 Å². The summed E-state index contributed by atoms with van der Waals surface area (Å²) in [6, 6.07) is 8.54. The summed E-state index contributed by atoms with van der Waals surface area (Å²) in [6.07, 6.45) is 5.66. The number of aryl methyl sites for hydroxylation is 3. The first-order valence-corrected chi connectivity index (χ1v) is 12.2. The van der Waals surface area contributed by atoms with Crippen molar-refractivity contribution in [2.24, 2.45) is 10.7 Å². The van der Waals surface area contributed by atoms with E-state index in [4.69, 9.17) is 10.5 Å². The van der Waals surface area contributed by atoms with Crippen LogP contribution in [-0.4, -0.2) is 36.1 Å². The first kappa shape index (κ1) is 30.0. The van der Waals surface area contributed by atoms with E-state index in [-0.39, 0.29) is 17.3 Å². The molecular formula is C29H36FN5O3. The van der Waals surface area contributed by atoms with Crippen LogP contribution in [-0.2, 0) is 11.2 Å². The molecule has 1 heterocycles. The molecule has 0 fully saturated rings. The van der Waals surface area contributed by atoms with Crippen LogP contribution in [0, 0.1) is 19.7 Å². The minimum atomic E-state index is -0.284. The monoisotopic (exact) mass is 521 g/mol. The molecule has 0 atom stereocenters. The Balaban J connectivity index is 0.000000358. The fourth-order valence-corrected chi connectivity index (χ4v) is 3.42. The number of rotatable bonds is 7. The number of benzene rings is 2. The second-order valence-electron chi connectivity index (χ2n) is 9.55. The zero-order valence-corrected chi connectivity index (χ0v) is 23.0. The Bertz CT molecular complexity index is 1360. The number of hydrogen-bond acceptors (Lipinski definition) is 6. The van der Waals surface area contributed by atoms with E-state index in [1.807, 2.05) is 47.6 Å². The lowest BCUT2D eigenvalue weighted by Crippen LogP contribution is -2.18. The van der Waals surface area contributed by atoms with Gasteiger partial charge >= 0.3 is 0 Å². The molecule has 0 bridgehead atoms. The highest BCUT2D eigenvalue weighted by atomic mass is 19.1. The molecule has 38 heavy (non-hydrogen) atoms. The minimum absolute atomic E-state index is 0.154. The number of nitrogens with zero attached hydrogens (tertiary/aromatic N) is 2. The minimum Gasteiger partial charge on any atom is -0.456 e. The molecule has 0 spiro atoms. The Morgan fingerprint density at radius 3 is 2.45 bits per heavy atom. The van der Waals surface area contributed by atoms with Crippen LogP contribution < -0.4 is 21.1 Å². The van der Waals surface area contributed by atoms with Crippen molar-refractivity contribution in [1.82, 2.24) is 15.6 Å². The molecule has 202 valence electrons. The summed E-state index contributed by atoms with van der Waals surface area (Å²) < 4.78 is 20.2. The summed E-state index contributed by atoms with van der Waals surface area (Å²) in [7, 11) is 1.59. The number of allylic oxidation sites excluding steroid dienone is 1. The van der Waals surface area contributed by atoms with Crippen LogP contribution in [0.2, 0.25) is 0 Å². The highest BCUT2D eigenvalue weighted by molar-refractivity contribution is 6.00. The van der Waals surface area contributed by atoms with Gasteiger partial charge in [-0.1, -0.05) is 6.92 Å². The third-order valence-electron chi connectivity index (χ3n) is 5.46. The van der Waals surface area contributed by atoms with Crippen molar-refractivity contribution in [3.63, 3.8) is 0 Å². The molecule has 0 aliphatic carbocycles. The summed E-state index contributed by atoms with van der Waals surface area (Å²) in [4.78, 5) is 30.6. The lowest BCUT2D eigenvalue weighted by molar-refractivity contribution is -0.108. The van der Waals surface area contributed by atoms with Crippen LogP contribution in [0.3, 0.4) is 0 Å². The fraction of sp³-hybridized carbons (Fsp3) is 0.310. The Morgan fingerprint density at radius 1 is 1.16 bits per heavy atom. The van der Waals surface area contributed by atoms with Gasteiger partial charge in [-0.2, -0.15) is 0 Å². The van der Waals surface area contributed by atoms with Crippen molar-refractivity contribution in [1.29, 1.82) is 0 Å². The Hall–Kier alpha value is -4.27. The van der Waals surface area contributed by atoms with E-state index in [1.165, 1.54) is 18.5 Å². The van der Waals surface area contributed by atoms with E-state index >= 15 is 0 Å². The summed E-state index contributed by atoms with van der Waals surface area (Å²) in [6.45, 7) is 11.5. The quantitative estimate of drug-likeness (QED) is 0.295. The molecule has 3 aromatic rings. The second-order valence-corrected chi connectivity index (χ2v) is 9.55. The number of aliphatic imine (C=N–C) groups is 1. The second kappa shape index (κ2) is 13.3. The van der Waals surface area contributed by atoms with Gasteiger partial charge in [0.25, 0.3) is 5.91 Å². The SMILES string of the molecule is CC(C)(C)N=C/C(=C\N)NC=O.CCc1cc(C)c(Oc2ccnc3cc(C)c(C(=O)NC)cc23)cc1F. The largest absolute Gasteiger partial charge is 0.456 e. The van der Waals surface area contributed by atoms with Crippen LogP contribution in [0.4, 0.5) is 4.39 Å². The van der Waals surface area contributed by atoms with Gasteiger partial charge in [-0.15, -0.1) is 0 Å². The molecule has 0 aliphatic rings. The molecule has 3 rings (SSSR count). The van der Waals surface area contributed by atoms with E-state index in [1.54, 1.807) is 31.4 Å². The van der Waals surface area contributed by atoms with Crippen molar-refractivity contribution in [2.75, 3.05) is 7.05 Å². The Morgan fingerprint density at radius 2 is 1.87 bits per heavy atom. The number of halogens is 1. The Labute approximate surface area is 223 Å². The summed E-state index contributed by atoms with van der Waals surface area (Å²) in [5.74, 6) is 0.531. The zero-order valence-electron chi connectivity index (χ0n) is 23.0. The molecular weight excluding hydrogens is 485 g/mol. The number of pyridine rings is 1. The molecule has 2 amide bonds. The first-order chi connectivity index (χ1) is 17.9. The highest BCUT2D eigenvalue weighted by Crippen LogP contribution is 2.33. The summed E-state index contributed by atoms with van der Waals surface area (Å²) >= 11 is 0. The predicted molar refractivity (Wildman–Crippen MR) is 150 cm³/mol. The number of hydrogen-bond donors (Lipinski definition) is 3. The van der Waals surface area contributed by atoms with Gasteiger partial charge in [-0.25, -0.2) is 4.39 Å². The maximum absolute atomic E-state index is 14.2.